The number of aromatic hydroxyl groups is 3. The van der Waals surface area contributed by atoms with Crippen LogP contribution in [0.25, 0.3) is 22.3 Å². The summed E-state index contributed by atoms with van der Waals surface area (Å²) in [5.41, 5.74) is -0.165. The Hall–Kier alpha value is -3.35. The van der Waals surface area contributed by atoms with Crippen LogP contribution >= 0.6 is 0 Å². The molecule has 3 rings (SSSR count). The van der Waals surface area contributed by atoms with Crippen molar-refractivity contribution in [1.29, 1.82) is 0 Å². The summed E-state index contributed by atoms with van der Waals surface area (Å²) in [5, 5.41) is 29.1. The van der Waals surface area contributed by atoms with Crippen LogP contribution in [-0.2, 0) is 0 Å². The van der Waals surface area contributed by atoms with Crippen molar-refractivity contribution >= 4 is 11.0 Å². The van der Waals surface area contributed by atoms with Gasteiger partial charge in [0.1, 0.15) is 22.5 Å². The van der Waals surface area contributed by atoms with E-state index in [1.807, 2.05) is 0 Å². The zero-order chi connectivity index (χ0) is 17.4. The highest BCUT2D eigenvalue weighted by Crippen LogP contribution is 2.38. The number of rotatable bonds is 3. The number of benzene rings is 2. The monoisotopic (exact) mass is 330 g/mol. The Kier molecular flexibility index (Phi) is 3.69. The number of methoxy groups -OCH3 is 2. The van der Waals surface area contributed by atoms with Gasteiger partial charge in [-0.2, -0.15) is 0 Å². The molecule has 0 aliphatic carbocycles. The van der Waals surface area contributed by atoms with E-state index in [1.54, 1.807) is 0 Å². The van der Waals surface area contributed by atoms with E-state index in [2.05, 4.69) is 0 Å². The van der Waals surface area contributed by atoms with Gasteiger partial charge in [-0.3, -0.25) is 4.79 Å². The molecule has 0 amide bonds. The van der Waals surface area contributed by atoms with Crippen molar-refractivity contribution in [2.75, 3.05) is 14.2 Å². The van der Waals surface area contributed by atoms with Crippen molar-refractivity contribution in [2.24, 2.45) is 0 Å². The van der Waals surface area contributed by atoms with Crippen molar-refractivity contribution in [3.05, 3.63) is 40.6 Å². The second kappa shape index (κ2) is 5.69. The van der Waals surface area contributed by atoms with Gasteiger partial charge >= 0.3 is 0 Å². The van der Waals surface area contributed by atoms with Crippen LogP contribution in [0.4, 0.5) is 0 Å². The average Bonchev–Trinajstić information content (AvgIpc) is 2.54. The van der Waals surface area contributed by atoms with Crippen LogP contribution in [0.1, 0.15) is 0 Å². The molecule has 0 unspecified atom stereocenters. The van der Waals surface area contributed by atoms with E-state index in [1.165, 1.54) is 38.5 Å². The van der Waals surface area contributed by atoms with Crippen molar-refractivity contribution in [1.82, 2.24) is 0 Å². The summed E-state index contributed by atoms with van der Waals surface area (Å²) < 4.78 is 15.9. The highest BCUT2D eigenvalue weighted by Gasteiger charge is 2.20. The molecule has 0 aliphatic rings. The molecule has 0 saturated carbocycles. The lowest BCUT2D eigenvalue weighted by atomic mass is 10.1. The Morgan fingerprint density at radius 1 is 0.958 bits per heavy atom. The molecule has 1 aromatic heterocycles. The number of fused-ring (bicyclic) bond motifs is 1. The molecule has 0 radical (unpaired) electrons. The molecule has 7 nitrogen and oxygen atoms in total. The van der Waals surface area contributed by atoms with E-state index in [0.29, 0.717) is 5.56 Å². The minimum atomic E-state index is -0.585. The number of ether oxygens (including phenoxy) is 2. The minimum Gasteiger partial charge on any atom is -0.508 e. The summed E-state index contributed by atoms with van der Waals surface area (Å²) in [5.74, 6) is -0.571. The van der Waals surface area contributed by atoms with Crippen LogP contribution in [0.2, 0.25) is 0 Å². The summed E-state index contributed by atoms with van der Waals surface area (Å²) in [6.07, 6.45) is 0. The maximum absolute atomic E-state index is 12.6. The Morgan fingerprint density at radius 2 is 1.71 bits per heavy atom. The molecule has 0 atom stereocenters. The van der Waals surface area contributed by atoms with Crippen LogP contribution in [0.5, 0.6) is 28.7 Å². The fourth-order valence-corrected chi connectivity index (χ4v) is 2.46. The summed E-state index contributed by atoms with van der Waals surface area (Å²) >= 11 is 0. The van der Waals surface area contributed by atoms with Gasteiger partial charge in [-0.05, 0) is 18.2 Å². The first-order valence-electron chi connectivity index (χ1n) is 6.90. The molecule has 0 spiro atoms. The second-order valence-corrected chi connectivity index (χ2v) is 5.02. The third kappa shape index (κ3) is 2.36. The van der Waals surface area contributed by atoms with Crippen LogP contribution in [0.15, 0.2) is 39.5 Å². The van der Waals surface area contributed by atoms with Gasteiger partial charge < -0.3 is 29.2 Å². The van der Waals surface area contributed by atoms with Gasteiger partial charge in [0.2, 0.25) is 11.2 Å². The molecular formula is C17H14O7. The molecule has 2 aromatic carbocycles. The quantitative estimate of drug-likeness (QED) is 0.677. The minimum absolute atomic E-state index is 0.000317. The standard InChI is InChI=1S/C17H14O7/c1-22-12-5-8(3-4-10(12)19)16-17(23-2)15(21)14-11(20)6-9(18)7-13(14)24-16/h3-7,18-20H,1-2H3. The SMILES string of the molecule is COc1cc(-c2oc3cc(O)cc(O)c3c(=O)c2OC)ccc1O. The molecule has 0 aliphatic heterocycles. The van der Waals surface area contributed by atoms with Crippen LogP contribution in [0.3, 0.4) is 0 Å². The largest absolute Gasteiger partial charge is 0.508 e. The van der Waals surface area contributed by atoms with E-state index in [4.69, 9.17) is 13.9 Å². The first-order valence-corrected chi connectivity index (χ1v) is 6.90. The smallest absolute Gasteiger partial charge is 0.239 e. The second-order valence-electron chi connectivity index (χ2n) is 5.02. The maximum Gasteiger partial charge on any atom is 0.239 e. The van der Waals surface area contributed by atoms with E-state index in [9.17, 15) is 20.1 Å². The third-order valence-corrected chi connectivity index (χ3v) is 3.56. The maximum atomic E-state index is 12.6. The lowest BCUT2D eigenvalue weighted by Gasteiger charge is -2.11. The molecule has 3 N–H and O–H groups in total. The molecule has 3 aromatic rings. The molecule has 7 heteroatoms. The van der Waals surface area contributed by atoms with Crippen LogP contribution in [-0.4, -0.2) is 29.5 Å². The first kappa shape index (κ1) is 15.5. The topological polar surface area (TPSA) is 109 Å². The predicted molar refractivity (Wildman–Crippen MR) is 86.0 cm³/mol. The molecule has 0 fully saturated rings. The highest BCUT2D eigenvalue weighted by atomic mass is 16.5. The number of hydrogen-bond acceptors (Lipinski definition) is 7. The van der Waals surface area contributed by atoms with Crippen molar-refractivity contribution in [3.63, 3.8) is 0 Å². The Morgan fingerprint density at radius 3 is 2.38 bits per heavy atom. The third-order valence-electron chi connectivity index (χ3n) is 3.56. The van der Waals surface area contributed by atoms with Gasteiger partial charge in [0.25, 0.3) is 0 Å². The Bertz CT molecular complexity index is 988. The summed E-state index contributed by atoms with van der Waals surface area (Å²) in [6, 6.07) is 6.65. The molecule has 0 saturated heterocycles. The van der Waals surface area contributed by atoms with Gasteiger partial charge in [-0.15, -0.1) is 0 Å². The fraction of sp³-hybridized carbons (Fsp3) is 0.118. The van der Waals surface area contributed by atoms with Crippen molar-refractivity contribution < 1.29 is 29.2 Å². The normalized spacial score (nSPS) is 10.8. The van der Waals surface area contributed by atoms with Crippen LogP contribution < -0.4 is 14.9 Å². The number of hydrogen-bond donors (Lipinski definition) is 3. The molecule has 24 heavy (non-hydrogen) atoms. The summed E-state index contributed by atoms with van der Waals surface area (Å²) in [7, 11) is 2.69. The van der Waals surface area contributed by atoms with Crippen molar-refractivity contribution in [3.8, 4) is 40.1 Å². The van der Waals surface area contributed by atoms with E-state index in [-0.39, 0.29) is 39.7 Å². The molecule has 0 bridgehead atoms. The summed E-state index contributed by atoms with van der Waals surface area (Å²) in [4.78, 5) is 12.6. The molecule has 124 valence electrons. The van der Waals surface area contributed by atoms with E-state index >= 15 is 0 Å². The predicted octanol–water partition coefficient (Wildman–Crippen LogP) is 2.59. The zero-order valence-corrected chi connectivity index (χ0v) is 12.9. The number of phenols is 3. The number of phenolic OH excluding ortho intramolecular Hbond substituents is 3. The fourth-order valence-electron chi connectivity index (χ4n) is 2.46. The van der Waals surface area contributed by atoms with Crippen molar-refractivity contribution in [2.45, 2.75) is 0 Å². The van der Waals surface area contributed by atoms with E-state index in [0.717, 1.165) is 6.07 Å². The highest BCUT2D eigenvalue weighted by molar-refractivity contribution is 5.88. The van der Waals surface area contributed by atoms with Gasteiger partial charge in [0, 0.05) is 17.7 Å². The van der Waals surface area contributed by atoms with Gasteiger partial charge in [-0.1, -0.05) is 0 Å². The lowest BCUT2D eigenvalue weighted by Crippen LogP contribution is -2.07. The van der Waals surface area contributed by atoms with E-state index < -0.39 is 11.2 Å². The zero-order valence-electron chi connectivity index (χ0n) is 12.9. The lowest BCUT2D eigenvalue weighted by molar-refractivity contribution is 0.373. The molecule has 1 heterocycles. The van der Waals surface area contributed by atoms with Gasteiger partial charge in [0.15, 0.2) is 17.3 Å². The first-order chi connectivity index (χ1) is 11.5. The van der Waals surface area contributed by atoms with Gasteiger partial charge in [0.05, 0.1) is 14.2 Å². The Labute approximate surface area is 135 Å². The summed E-state index contributed by atoms with van der Waals surface area (Å²) in [6.45, 7) is 0. The average molecular weight is 330 g/mol. The van der Waals surface area contributed by atoms with Crippen LogP contribution in [0, 0.1) is 0 Å². The Balaban J connectivity index is 2.38. The van der Waals surface area contributed by atoms with Gasteiger partial charge in [-0.25, -0.2) is 0 Å². The molecular weight excluding hydrogens is 316 g/mol.